The van der Waals surface area contributed by atoms with Gasteiger partial charge in [-0.25, -0.2) is 0 Å². The molecule has 0 unspecified atom stereocenters. The van der Waals surface area contributed by atoms with E-state index in [1.807, 2.05) is 18.6 Å². The number of allylic oxidation sites excluding steroid dienone is 3. The van der Waals surface area contributed by atoms with Gasteiger partial charge in [-0.2, -0.15) is 0 Å². The van der Waals surface area contributed by atoms with Gasteiger partial charge in [-0.15, -0.1) is 0 Å². The Hall–Kier alpha value is -0.430. The fraction of sp³-hybridized carbons (Fsp3) is 0.167. The first-order valence-electron chi connectivity index (χ1n) is 2.45. The third kappa shape index (κ3) is 1.04. The number of rotatable bonds is 0. The SMILES string of the molecule is NC1=C[CH]CC=C1Cl. The average molecular weight is 129 g/mol. The van der Waals surface area contributed by atoms with E-state index in [1.165, 1.54) is 0 Å². The lowest BCUT2D eigenvalue weighted by atomic mass is 10.1. The van der Waals surface area contributed by atoms with Crippen LogP contribution in [0.3, 0.4) is 0 Å². The second-order valence-electron chi connectivity index (χ2n) is 1.65. The molecule has 1 rings (SSSR count). The fourth-order valence-corrected chi connectivity index (χ4v) is 0.716. The molecule has 0 aromatic carbocycles. The highest BCUT2D eigenvalue weighted by Crippen LogP contribution is 2.16. The number of halogens is 1. The van der Waals surface area contributed by atoms with Crippen LogP contribution in [0.2, 0.25) is 0 Å². The van der Waals surface area contributed by atoms with Crippen LogP contribution in [0.25, 0.3) is 0 Å². The van der Waals surface area contributed by atoms with E-state index in [9.17, 15) is 0 Å². The normalized spacial score (nSPS) is 19.6. The van der Waals surface area contributed by atoms with Gasteiger partial charge in [0, 0.05) is 5.70 Å². The van der Waals surface area contributed by atoms with E-state index in [0.717, 1.165) is 6.42 Å². The van der Waals surface area contributed by atoms with Crippen LogP contribution in [0, 0.1) is 6.42 Å². The number of hydrogen-bond acceptors (Lipinski definition) is 1. The topological polar surface area (TPSA) is 26.0 Å². The lowest BCUT2D eigenvalue weighted by Gasteiger charge is -2.02. The molecule has 1 radical (unpaired) electrons. The summed E-state index contributed by atoms with van der Waals surface area (Å²) in [6, 6.07) is 0. The van der Waals surface area contributed by atoms with Crippen molar-refractivity contribution in [1.29, 1.82) is 0 Å². The molecule has 0 bridgehead atoms. The maximum absolute atomic E-state index is 5.61. The molecule has 2 heteroatoms. The lowest BCUT2D eigenvalue weighted by molar-refractivity contribution is 1.19. The Morgan fingerprint density at radius 3 is 2.75 bits per heavy atom. The molecule has 0 aliphatic heterocycles. The van der Waals surface area contributed by atoms with Gasteiger partial charge in [0.1, 0.15) is 0 Å². The van der Waals surface area contributed by atoms with Crippen molar-refractivity contribution < 1.29 is 0 Å². The van der Waals surface area contributed by atoms with Crippen molar-refractivity contribution in [3.8, 4) is 0 Å². The van der Waals surface area contributed by atoms with Crippen LogP contribution in [0.5, 0.6) is 0 Å². The van der Waals surface area contributed by atoms with Crippen LogP contribution in [0.15, 0.2) is 22.9 Å². The van der Waals surface area contributed by atoms with Gasteiger partial charge < -0.3 is 5.73 Å². The summed E-state index contributed by atoms with van der Waals surface area (Å²) in [5, 5.41) is 0.674. The molecule has 0 fully saturated rings. The largest absolute Gasteiger partial charge is 0.398 e. The third-order valence-corrected chi connectivity index (χ3v) is 1.38. The molecule has 2 N–H and O–H groups in total. The van der Waals surface area contributed by atoms with E-state index in [2.05, 4.69) is 0 Å². The Morgan fingerprint density at radius 2 is 2.38 bits per heavy atom. The minimum Gasteiger partial charge on any atom is -0.398 e. The summed E-state index contributed by atoms with van der Waals surface area (Å²) in [7, 11) is 0. The van der Waals surface area contributed by atoms with Gasteiger partial charge in [-0.3, -0.25) is 0 Å². The molecule has 0 spiro atoms. The molecule has 0 saturated heterocycles. The molecular formula is C6H7ClN. The monoisotopic (exact) mass is 128 g/mol. The van der Waals surface area contributed by atoms with Crippen LogP contribution in [0.1, 0.15) is 6.42 Å². The van der Waals surface area contributed by atoms with Crippen molar-refractivity contribution in [1.82, 2.24) is 0 Å². The summed E-state index contributed by atoms with van der Waals surface area (Å²) < 4.78 is 0. The summed E-state index contributed by atoms with van der Waals surface area (Å²) in [5.41, 5.74) is 6.07. The molecule has 43 valence electrons. The molecule has 1 nitrogen and oxygen atoms in total. The van der Waals surface area contributed by atoms with Gasteiger partial charge in [0.25, 0.3) is 0 Å². The second kappa shape index (κ2) is 2.23. The van der Waals surface area contributed by atoms with Gasteiger partial charge >= 0.3 is 0 Å². The summed E-state index contributed by atoms with van der Waals surface area (Å²) >= 11 is 5.61. The molecule has 0 amide bonds. The van der Waals surface area contributed by atoms with Crippen molar-refractivity contribution in [2.24, 2.45) is 5.73 Å². The molecule has 0 atom stereocenters. The van der Waals surface area contributed by atoms with Crippen molar-refractivity contribution in [3.63, 3.8) is 0 Å². The Balaban J connectivity index is 2.73. The molecule has 1 aliphatic rings. The smallest absolute Gasteiger partial charge is 0.0592 e. The standard InChI is InChI=1S/C6H7ClN/c7-5-3-1-2-4-6(5)8/h2-4H,1,8H2. The highest BCUT2D eigenvalue weighted by atomic mass is 35.5. The zero-order chi connectivity index (χ0) is 5.98. The van der Waals surface area contributed by atoms with Crippen molar-refractivity contribution in [2.45, 2.75) is 6.42 Å². The minimum atomic E-state index is 0.665. The highest BCUT2D eigenvalue weighted by Gasteiger charge is 1.99. The molecule has 8 heavy (non-hydrogen) atoms. The molecule has 0 aromatic rings. The molecule has 0 saturated carbocycles. The third-order valence-electron chi connectivity index (χ3n) is 1.01. The Kier molecular flexibility index (Phi) is 1.59. The molecular weight excluding hydrogens is 122 g/mol. The Labute approximate surface area is 53.8 Å². The first-order chi connectivity index (χ1) is 3.80. The van der Waals surface area contributed by atoms with Crippen molar-refractivity contribution in [2.75, 3.05) is 0 Å². The van der Waals surface area contributed by atoms with Gasteiger partial charge in [0.2, 0.25) is 0 Å². The average Bonchev–Trinajstić information content (AvgIpc) is 1.77. The van der Waals surface area contributed by atoms with Crippen LogP contribution < -0.4 is 5.73 Å². The maximum Gasteiger partial charge on any atom is 0.0592 e. The number of nitrogens with two attached hydrogens (primary N) is 1. The van der Waals surface area contributed by atoms with Crippen LogP contribution in [-0.4, -0.2) is 0 Å². The number of hydrogen-bond donors (Lipinski definition) is 1. The van der Waals surface area contributed by atoms with Gasteiger partial charge in [-0.1, -0.05) is 23.8 Å². The fourth-order valence-electron chi connectivity index (χ4n) is 0.564. The zero-order valence-electron chi connectivity index (χ0n) is 4.39. The molecule has 0 aromatic heterocycles. The first-order valence-corrected chi connectivity index (χ1v) is 2.83. The second-order valence-corrected chi connectivity index (χ2v) is 2.05. The summed E-state index contributed by atoms with van der Waals surface area (Å²) in [6.45, 7) is 0. The predicted molar refractivity (Wildman–Crippen MR) is 35.1 cm³/mol. The van der Waals surface area contributed by atoms with Gasteiger partial charge in [0.15, 0.2) is 0 Å². The van der Waals surface area contributed by atoms with E-state index < -0.39 is 0 Å². The van der Waals surface area contributed by atoms with Gasteiger partial charge in [-0.05, 0) is 12.8 Å². The first kappa shape index (κ1) is 5.70. The minimum absolute atomic E-state index is 0.665. The predicted octanol–water partition coefficient (Wildman–Crippen LogP) is 1.56. The van der Waals surface area contributed by atoms with Gasteiger partial charge in [0.05, 0.1) is 5.03 Å². The van der Waals surface area contributed by atoms with E-state index in [0.29, 0.717) is 10.7 Å². The Morgan fingerprint density at radius 1 is 1.62 bits per heavy atom. The van der Waals surface area contributed by atoms with Crippen molar-refractivity contribution >= 4 is 11.6 Å². The van der Waals surface area contributed by atoms with E-state index in [-0.39, 0.29) is 0 Å². The molecule has 1 aliphatic carbocycles. The maximum atomic E-state index is 5.61. The quantitative estimate of drug-likeness (QED) is 0.527. The van der Waals surface area contributed by atoms with Crippen LogP contribution in [-0.2, 0) is 0 Å². The Bertz CT molecular complexity index is 129. The van der Waals surface area contributed by atoms with E-state index in [4.69, 9.17) is 17.3 Å². The zero-order valence-corrected chi connectivity index (χ0v) is 5.15. The van der Waals surface area contributed by atoms with E-state index in [1.54, 1.807) is 0 Å². The highest BCUT2D eigenvalue weighted by molar-refractivity contribution is 6.31. The molecule has 0 heterocycles. The van der Waals surface area contributed by atoms with E-state index >= 15 is 0 Å². The summed E-state index contributed by atoms with van der Waals surface area (Å²) in [4.78, 5) is 0. The summed E-state index contributed by atoms with van der Waals surface area (Å²) in [6.07, 6.45) is 6.58. The van der Waals surface area contributed by atoms with Crippen molar-refractivity contribution in [3.05, 3.63) is 29.3 Å². The summed E-state index contributed by atoms with van der Waals surface area (Å²) in [5.74, 6) is 0. The lowest BCUT2D eigenvalue weighted by Crippen LogP contribution is -1.99. The van der Waals surface area contributed by atoms with Crippen LogP contribution >= 0.6 is 11.6 Å². The van der Waals surface area contributed by atoms with Crippen LogP contribution in [0.4, 0.5) is 0 Å².